The summed E-state index contributed by atoms with van der Waals surface area (Å²) in [7, 11) is 1.62. The lowest BCUT2D eigenvalue weighted by atomic mass is 9.90. The van der Waals surface area contributed by atoms with Crippen molar-refractivity contribution in [2.24, 2.45) is 5.92 Å². The summed E-state index contributed by atoms with van der Waals surface area (Å²) < 4.78 is 5.09. The molecule has 0 saturated heterocycles. The minimum absolute atomic E-state index is 0.0800. The van der Waals surface area contributed by atoms with Crippen LogP contribution in [-0.4, -0.2) is 18.2 Å². The molecule has 0 amide bonds. The van der Waals surface area contributed by atoms with Crippen LogP contribution in [0.1, 0.15) is 31.1 Å². The molecule has 0 spiro atoms. The molecule has 4 heteroatoms. The van der Waals surface area contributed by atoms with Gasteiger partial charge in [0.05, 0.1) is 13.0 Å². The van der Waals surface area contributed by atoms with Gasteiger partial charge >= 0.3 is 5.97 Å². The van der Waals surface area contributed by atoms with Gasteiger partial charge in [0.2, 0.25) is 0 Å². The van der Waals surface area contributed by atoms with Crippen LogP contribution < -0.4 is 4.74 Å². The van der Waals surface area contributed by atoms with Gasteiger partial charge in [-0.3, -0.25) is 4.79 Å². The summed E-state index contributed by atoms with van der Waals surface area (Å²) in [6, 6.07) is 1.93. The molecule has 1 rings (SSSR count). The van der Waals surface area contributed by atoms with Crippen LogP contribution in [0, 0.1) is 5.92 Å². The van der Waals surface area contributed by atoms with Crippen molar-refractivity contribution >= 4 is 17.3 Å². The first-order valence-electron chi connectivity index (χ1n) is 4.95. The van der Waals surface area contributed by atoms with Crippen molar-refractivity contribution in [3.63, 3.8) is 0 Å². The molecule has 0 aliphatic heterocycles. The lowest BCUT2D eigenvalue weighted by molar-refractivity contribution is -0.141. The van der Waals surface area contributed by atoms with Crippen molar-refractivity contribution in [3.05, 3.63) is 16.3 Å². The SMILES string of the molecule is CCC(c1cc(OC)cs1)C(C)C(=O)O. The van der Waals surface area contributed by atoms with E-state index in [1.54, 1.807) is 25.4 Å². The third-order valence-electron chi connectivity index (χ3n) is 2.63. The Morgan fingerprint density at radius 2 is 2.33 bits per heavy atom. The largest absolute Gasteiger partial charge is 0.496 e. The van der Waals surface area contributed by atoms with Gasteiger partial charge in [-0.15, -0.1) is 11.3 Å². The number of methoxy groups -OCH3 is 1. The summed E-state index contributed by atoms with van der Waals surface area (Å²) in [6.07, 6.45) is 0.830. The average Bonchev–Trinajstić information content (AvgIpc) is 2.67. The third kappa shape index (κ3) is 2.72. The zero-order valence-electron chi connectivity index (χ0n) is 9.19. The van der Waals surface area contributed by atoms with E-state index >= 15 is 0 Å². The van der Waals surface area contributed by atoms with Gasteiger partial charge in [0.1, 0.15) is 5.75 Å². The summed E-state index contributed by atoms with van der Waals surface area (Å²) >= 11 is 1.56. The topological polar surface area (TPSA) is 46.5 Å². The van der Waals surface area contributed by atoms with Gasteiger partial charge in [-0.25, -0.2) is 0 Å². The maximum atomic E-state index is 10.9. The molecule has 0 fully saturated rings. The van der Waals surface area contributed by atoms with E-state index in [4.69, 9.17) is 9.84 Å². The van der Waals surface area contributed by atoms with Crippen LogP contribution >= 0.6 is 11.3 Å². The summed E-state index contributed by atoms with van der Waals surface area (Å²) in [6.45, 7) is 3.76. The number of carboxylic acids is 1. The minimum atomic E-state index is -0.741. The van der Waals surface area contributed by atoms with Gasteiger partial charge in [0.15, 0.2) is 0 Å². The molecule has 0 saturated carbocycles. The number of hydrogen-bond acceptors (Lipinski definition) is 3. The fourth-order valence-electron chi connectivity index (χ4n) is 1.61. The van der Waals surface area contributed by atoms with Crippen molar-refractivity contribution in [1.29, 1.82) is 0 Å². The summed E-state index contributed by atoms with van der Waals surface area (Å²) in [5.74, 6) is -0.199. The molecular weight excluding hydrogens is 212 g/mol. The average molecular weight is 228 g/mol. The predicted molar refractivity (Wildman–Crippen MR) is 60.7 cm³/mol. The van der Waals surface area contributed by atoms with Crippen molar-refractivity contribution in [2.75, 3.05) is 7.11 Å². The van der Waals surface area contributed by atoms with Gasteiger partial charge < -0.3 is 9.84 Å². The molecule has 1 aromatic rings. The highest BCUT2D eigenvalue weighted by molar-refractivity contribution is 7.10. The van der Waals surface area contributed by atoms with Gasteiger partial charge in [-0.2, -0.15) is 0 Å². The number of carboxylic acid groups (broad SMARTS) is 1. The van der Waals surface area contributed by atoms with Crippen LogP contribution in [0.3, 0.4) is 0 Å². The zero-order valence-corrected chi connectivity index (χ0v) is 10.0. The lowest BCUT2D eigenvalue weighted by Crippen LogP contribution is -2.17. The fraction of sp³-hybridized carbons (Fsp3) is 0.545. The number of hydrogen-bond donors (Lipinski definition) is 1. The predicted octanol–water partition coefficient (Wildman–Crippen LogP) is 2.97. The first-order chi connectivity index (χ1) is 7.10. The van der Waals surface area contributed by atoms with Crippen molar-refractivity contribution < 1.29 is 14.6 Å². The Morgan fingerprint density at radius 1 is 1.67 bits per heavy atom. The fourth-order valence-corrected chi connectivity index (χ4v) is 2.76. The lowest BCUT2D eigenvalue weighted by Gasteiger charge is -2.17. The molecule has 0 radical (unpaired) electrons. The summed E-state index contributed by atoms with van der Waals surface area (Å²) in [4.78, 5) is 12.0. The second-order valence-corrected chi connectivity index (χ2v) is 4.47. The smallest absolute Gasteiger partial charge is 0.306 e. The quantitative estimate of drug-likeness (QED) is 0.842. The van der Waals surface area contributed by atoms with Crippen LogP contribution in [-0.2, 0) is 4.79 Å². The maximum Gasteiger partial charge on any atom is 0.306 e. The third-order valence-corrected chi connectivity index (χ3v) is 3.67. The Kier molecular flexibility index (Phi) is 4.15. The summed E-state index contributed by atoms with van der Waals surface area (Å²) in [5, 5.41) is 10.9. The van der Waals surface area contributed by atoms with Gasteiger partial charge in [-0.1, -0.05) is 13.8 Å². The van der Waals surface area contributed by atoms with Crippen molar-refractivity contribution in [1.82, 2.24) is 0 Å². The Labute approximate surface area is 93.7 Å². The highest BCUT2D eigenvalue weighted by Crippen LogP contribution is 2.35. The van der Waals surface area contributed by atoms with E-state index in [-0.39, 0.29) is 11.8 Å². The summed E-state index contributed by atoms with van der Waals surface area (Å²) in [5.41, 5.74) is 0. The van der Waals surface area contributed by atoms with Crippen LogP contribution in [0.25, 0.3) is 0 Å². The van der Waals surface area contributed by atoms with Crippen molar-refractivity contribution in [3.8, 4) is 5.75 Å². The van der Waals surface area contributed by atoms with E-state index in [2.05, 4.69) is 0 Å². The minimum Gasteiger partial charge on any atom is -0.496 e. The van der Waals surface area contributed by atoms with E-state index in [1.165, 1.54) is 0 Å². The molecule has 1 heterocycles. The number of aliphatic carboxylic acids is 1. The highest BCUT2D eigenvalue weighted by atomic mass is 32.1. The molecular formula is C11H16O3S. The Morgan fingerprint density at radius 3 is 2.73 bits per heavy atom. The molecule has 1 aromatic heterocycles. The van der Waals surface area contributed by atoms with E-state index in [1.807, 2.05) is 18.4 Å². The second kappa shape index (κ2) is 5.16. The Bertz CT molecular complexity index is 332. The number of thiophene rings is 1. The van der Waals surface area contributed by atoms with Crippen LogP contribution in [0.15, 0.2) is 11.4 Å². The molecule has 3 nitrogen and oxygen atoms in total. The molecule has 2 unspecified atom stereocenters. The van der Waals surface area contributed by atoms with Gasteiger partial charge in [0.25, 0.3) is 0 Å². The molecule has 0 aliphatic rings. The van der Waals surface area contributed by atoms with E-state index in [0.717, 1.165) is 17.0 Å². The standard InChI is InChI=1S/C11H16O3S/c1-4-9(7(2)11(12)13)10-5-8(14-3)6-15-10/h5-7,9H,4H2,1-3H3,(H,12,13). The van der Waals surface area contributed by atoms with E-state index < -0.39 is 5.97 Å². The number of rotatable bonds is 5. The Hall–Kier alpha value is -1.03. The molecule has 0 bridgehead atoms. The second-order valence-electron chi connectivity index (χ2n) is 3.53. The molecule has 84 valence electrons. The van der Waals surface area contributed by atoms with Crippen LogP contribution in [0.5, 0.6) is 5.75 Å². The normalized spacial score (nSPS) is 14.6. The molecule has 0 aliphatic carbocycles. The molecule has 1 N–H and O–H groups in total. The molecule has 0 aromatic carbocycles. The monoisotopic (exact) mass is 228 g/mol. The Balaban J connectivity index is 2.86. The van der Waals surface area contributed by atoms with Gasteiger partial charge in [-0.05, 0) is 12.5 Å². The van der Waals surface area contributed by atoms with E-state index in [9.17, 15) is 4.79 Å². The highest BCUT2D eigenvalue weighted by Gasteiger charge is 2.24. The maximum absolute atomic E-state index is 10.9. The van der Waals surface area contributed by atoms with Crippen LogP contribution in [0.2, 0.25) is 0 Å². The molecule has 15 heavy (non-hydrogen) atoms. The van der Waals surface area contributed by atoms with Crippen molar-refractivity contribution in [2.45, 2.75) is 26.2 Å². The number of carbonyl (C=O) groups is 1. The first kappa shape index (κ1) is 12.0. The molecule has 2 atom stereocenters. The van der Waals surface area contributed by atoms with E-state index in [0.29, 0.717) is 0 Å². The van der Waals surface area contributed by atoms with Gasteiger partial charge in [0, 0.05) is 16.2 Å². The number of ether oxygens (including phenoxy) is 1. The van der Waals surface area contributed by atoms with Crippen LogP contribution in [0.4, 0.5) is 0 Å². The zero-order chi connectivity index (χ0) is 11.4. The first-order valence-corrected chi connectivity index (χ1v) is 5.83.